The maximum Gasteiger partial charge on any atom is 0.174 e. The first kappa shape index (κ1) is 16.4. The summed E-state index contributed by atoms with van der Waals surface area (Å²) < 4.78 is 11.2. The molecule has 0 aliphatic carbocycles. The first-order chi connectivity index (χ1) is 12.7. The number of ether oxygens (including phenoxy) is 2. The summed E-state index contributed by atoms with van der Waals surface area (Å²) >= 11 is 6.40. The van der Waals surface area contributed by atoms with E-state index in [1.165, 1.54) is 0 Å². The van der Waals surface area contributed by atoms with Crippen LogP contribution < -0.4 is 9.47 Å². The van der Waals surface area contributed by atoms with Crippen molar-refractivity contribution in [3.05, 3.63) is 59.5 Å². The molecule has 0 fully saturated rings. The monoisotopic (exact) mass is 366 g/mol. The van der Waals surface area contributed by atoms with E-state index >= 15 is 0 Å². The Morgan fingerprint density at radius 1 is 1.08 bits per heavy atom. The molecule has 0 aliphatic rings. The van der Waals surface area contributed by atoms with Crippen molar-refractivity contribution in [1.82, 2.24) is 20.2 Å². The van der Waals surface area contributed by atoms with Crippen molar-refractivity contribution in [2.24, 2.45) is 0 Å². The molecule has 3 aromatic heterocycles. The summed E-state index contributed by atoms with van der Waals surface area (Å²) in [4.78, 5) is 8.60. The molecule has 0 aliphatic heterocycles. The van der Waals surface area contributed by atoms with Crippen LogP contribution in [0.3, 0.4) is 0 Å². The second-order valence-corrected chi connectivity index (χ2v) is 6.04. The maximum absolute atomic E-state index is 6.40. The summed E-state index contributed by atoms with van der Waals surface area (Å²) in [5.41, 5.74) is 2.93. The van der Waals surface area contributed by atoms with Crippen molar-refractivity contribution in [1.29, 1.82) is 0 Å². The van der Waals surface area contributed by atoms with Crippen LogP contribution in [-0.2, 0) is 0 Å². The van der Waals surface area contributed by atoms with Gasteiger partial charge in [0, 0.05) is 17.3 Å². The number of fused-ring (bicyclic) bond motifs is 1. The van der Waals surface area contributed by atoms with Crippen LogP contribution in [0, 0.1) is 6.92 Å². The third-order valence-electron chi connectivity index (χ3n) is 3.93. The van der Waals surface area contributed by atoms with Crippen LogP contribution in [0.4, 0.5) is 0 Å². The second kappa shape index (κ2) is 6.65. The normalized spacial score (nSPS) is 10.9. The van der Waals surface area contributed by atoms with E-state index in [0.29, 0.717) is 22.8 Å². The van der Waals surface area contributed by atoms with Gasteiger partial charge in [-0.1, -0.05) is 11.6 Å². The number of nitrogens with zero attached hydrogens (tertiary/aromatic N) is 3. The molecule has 0 atom stereocenters. The minimum Gasteiger partial charge on any atom is -0.497 e. The Hall–Kier alpha value is -3.12. The molecule has 4 rings (SSSR count). The number of aromatic amines is 1. The fourth-order valence-electron chi connectivity index (χ4n) is 2.72. The quantitative estimate of drug-likeness (QED) is 0.526. The van der Waals surface area contributed by atoms with Crippen LogP contribution in [0.5, 0.6) is 17.2 Å². The third-order valence-corrected chi connectivity index (χ3v) is 4.19. The number of methoxy groups -OCH3 is 1. The summed E-state index contributed by atoms with van der Waals surface area (Å²) in [6, 6.07) is 13.0. The van der Waals surface area contributed by atoms with Gasteiger partial charge in [-0.15, -0.1) is 0 Å². The van der Waals surface area contributed by atoms with Gasteiger partial charge in [0.05, 0.1) is 12.7 Å². The topological polar surface area (TPSA) is 72.9 Å². The van der Waals surface area contributed by atoms with Gasteiger partial charge in [0.2, 0.25) is 0 Å². The number of benzene rings is 1. The standard InChI is InChI=1S/C19H15ClN4O2/c1-11-10-15(16-14-4-3-9-21-19(14)24-23-16)17(18(20)22-11)26-13-7-5-12(25-2)6-8-13/h3-10H,1-2H3,(H,21,23,24). The van der Waals surface area contributed by atoms with E-state index in [0.717, 1.165) is 22.4 Å². The number of rotatable bonds is 4. The first-order valence-electron chi connectivity index (χ1n) is 7.94. The van der Waals surface area contributed by atoms with Crippen LogP contribution in [0.2, 0.25) is 5.15 Å². The van der Waals surface area contributed by atoms with E-state index < -0.39 is 0 Å². The van der Waals surface area contributed by atoms with Crippen LogP contribution in [0.1, 0.15) is 5.69 Å². The van der Waals surface area contributed by atoms with Gasteiger partial charge in [0.1, 0.15) is 17.2 Å². The molecule has 0 bridgehead atoms. The largest absolute Gasteiger partial charge is 0.497 e. The van der Waals surface area contributed by atoms with Gasteiger partial charge in [0.15, 0.2) is 16.5 Å². The molecule has 1 aromatic carbocycles. The summed E-state index contributed by atoms with van der Waals surface area (Å²) in [6.07, 6.45) is 1.71. The highest BCUT2D eigenvalue weighted by atomic mass is 35.5. The second-order valence-electron chi connectivity index (χ2n) is 5.68. The van der Waals surface area contributed by atoms with E-state index in [1.807, 2.05) is 49.4 Å². The Morgan fingerprint density at radius 2 is 1.85 bits per heavy atom. The minimum absolute atomic E-state index is 0.274. The molecular formula is C19H15ClN4O2. The van der Waals surface area contributed by atoms with E-state index in [9.17, 15) is 0 Å². The Morgan fingerprint density at radius 3 is 2.62 bits per heavy atom. The lowest BCUT2D eigenvalue weighted by Crippen LogP contribution is -1.95. The van der Waals surface area contributed by atoms with Gasteiger partial charge in [-0.3, -0.25) is 5.10 Å². The minimum atomic E-state index is 0.274. The lowest BCUT2D eigenvalue weighted by molar-refractivity contribution is 0.413. The van der Waals surface area contributed by atoms with Crippen molar-refractivity contribution in [3.63, 3.8) is 0 Å². The molecule has 4 aromatic rings. The Kier molecular flexibility index (Phi) is 4.18. The van der Waals surface area contributed by atoms with Gasteiger partial charge in [-0.2, -0.15) is 5.10 Å². The van der Waals surface area contributed by atoms with Crippen LogP contribution in [0.25, 0.3) is 22.3 Å². The fraction of sp³-hybridized carbons (Fsp3) is 0.105. The number of aryl methyl sites for hydroxylation is 1. The molecule has 3 heterocycles. The van der Waals surface area contributed by atoms with Crippen LogP contribution in [0.15, 0.2) is 48.7 Å². The zero-order chi connectivity index (χ0) is 18.1. The van der Waals surface area contributed by atoms with Gasteiger partial charge >= 0.3 is 0 Å². The van der Waals surface area contributed by atoms with Crippen LogP contribution >= 0.6 is 11.6 Å². The molecule has 7 heteroatoms. The molecule has 0 saturated heterocycles. The van der Waals surface area contributed by atoms with E-state index in [-0.39, 0.29) is 5.15 Å². The number of nitrogens with one attached hydrogen (secondary N) is 1. The van der Waals surface area contributed by atoms with Crippen molar-refractivity contribution >= 4 is 22.6 Å². The molecule has 0 unspecified atom stereocenters. The lowest BCUT2D eigenvalue weighted by atomic mass is 10.1. The Balaban J connectivity index is 1.84. The van der Waals surface area contributed by atoms with E-state index in [1.54, 1.807) is 13.3 Å². The molecule has 0 saturated carbocycles. The highest BCUT2D eigenvalue weighted by molar-refractivity contribution is 6.31. The summed E-state index contributed by atoms with van der Waals surface area (Å²) in [5, 5.41) is 8.50. The number of aromatic nitrogens is 4. The first-order valence-corrected chi connectivity index (χ1v) is 8.32. The molecule has 26 heavy (non-hydrogen) atoms. The zero-order valence-corrected chi connectivity index (χ0v) is 14.9. The van der Waals surface area contributed by atoms with Crippen molar-refractivity contribution in [2.75, 3.05) is 7.11 Å². The number of H-pyrrole nitrogens is 1. The smallest absolute Gasteiger partial charge is 0.174 e. The van der Waals surface area contributed by atoms with Crippen molar-refractivity contribution in [3.8, 4) is 28.5 Å². The van der Waals surface area contributed by atoms with Gasteiger partial charge in [-0.05, 0) is 49.4 Å². The summed E-state index contributed by atoms with van der Waals surface area (Å²) in [5.74, 6) is 1.81. The predicted molar refractivity (Wildman–Crippen MR) is 99.9 cm³/mol. The number of hydrogen-bond donors (Lipinski definition) is 1. The third kappa shape index (κ3) is 2.95. The molecule has 0 spiro atoms. The number of hydrogen-bond acceptors (Lipinski definition) is 5. The average Bonchev–Trinajstić information content (AvgIpc) is 3.08. The van der Waals surface area contributed by atoms with Crippen molar-refractivity contribution < 1.29 is 9.47 Å². The molecule has 0 radical (unpaired) electrons. The average molecular weight is 367 g/mol. The molecule has 1 N–H and O–H groups in total. The number of pyridine rings is 2. The fourth-order valence-corrected chi connectivity index (χ4v) is 2.99. The zero-order valence-electron chi connectivity index (χ0n) is 14.2. The molecular weight excluding hydrogens is 352 g/mol. The lowest BCUT2D eigenvalue weighted by Gasteiger charge is -2.13. The molecule has 0 amide bonds. The SMILES string of the molecule is COc1ccc(Oc2c(-c3n[nH]c4ncccc34)cc(C)nc2Cl)cc1. The van der Waals surface area contributed by atoms with Crippen LogP contribution in [-0.4, -0.2) is 27.3 Å². The summed E-state index contributed by atoms with van der Waals surface area (Å²) in [7, 11) is 1.62. The highest BCUT2D eigenvalue weighted by Gasteiger charge is 2.19. The maximum atomic E-state index is 6.40. The van der Waals surface area contributed by atoms with Gasteiger partial charge < -0.3 is 9.47 Å². The molecule has 130 valence electrons. The van der Waals surface area contributed by atoms with Gasteiger partial charge in [0.25, 0.3) is 0 Å². The van der Waals surface area contributed by atoms with E-state index in [2.05, 4.69) is 20.2 Å². The molecule has 6 nitrogen and oxygen atoms in total. The summed E-state index contributed by atoms with van der Waals surface area (Å²) in [6.45, 7) is 1.87. The Labute approximate surface area is 154 Å². The highest BCUT2D eigenvalue weighted by Crippen LogP contribution is 2.40. The van der Waals surface area contributed by atoms with Crippen molar-refractivity contribution in [2.45, 2.75) is 6.92 Å². The Bertz CT molecular complexity index is 1080. The number of halogens is 1. The predicted octanol–water partition coefficient (Wildman–Crippen LogP) is 4.78. The van der Waals surface area contributed by atoms with E-state index in [4.69, 9.17) is 21.1 Å². The van der Waals surface area contributed by atoms with Gasteiger partial charge in [-0.25, -0.2) is 9.97 Å².